The molecule has 0 aliphatic rings. The Morgan fingerprint density at radius 1 is 1.25 bits per heavy atom. The third-order valence-corrected chi connectivity index (χ3v) is 3.77. The number of nitrogens with zero attached hydrogens (tertiary/aromatic N) is 4. The van der Waals surface area contributed by atoms with Crippen LogP contribution in [-0.4, -0.2) is 43.2 Å². The molecule has 128 valence electrons. The highest BCUT2D eigenvalue weighted by Gasteiger charge is 2.26. The van der Waals surface area contributed by atoms with E-state index in [-0.39, 0.29) is 6.42 Å². The summed E-state index contributed by atoms with van der Waals surface area (Å²) in [7, 11) is 0. The molecule has 1 heterocycles. The van der Waals surface area contributed by atoms with Gasteiger partial charge in [0.15, 0.2) is 6.04 Å². The van der Waals surface area contributed by atoms with Gasteiger partial charge in [-0.2, -0.15) is 4.80 Å². The van der Waals surface area contributed by atoms with Crippen molar-refractivity contribution in [2.75, 3.05) is 0 Å². The van der Waals surface area contributed by atoms with Crippen molar-refractivity contribution in [3.8, 4) is 11.4 Å². The lowest BCUT2D eigenvalue weighted by Gasteiger charge is -2.17. The van der Waals surface area contributed by atoms with E-state index in [4.69, 9.17) is 16.7 Å². The fourth-order valence-corrected chi connectivity index (χ4v) is 2.26. The standard InChI is InChI=1S/C15H18ClN5O3/c1-3-11(15(23)24)17-14(22)12(4-2)21-19-13(18-20-21)9-5-7-10(16)8-6-9/h5-8,11-12H,3-4H2,1-2H3,(H,17,22)(H,23,24). The van der Waals surface area contributed by atoms with Crippen LogP contribution in [0.1, 0.15) is 32.7 Å². The Bertz CT molecular complexity index is 716. The average molecular weight is 352 g/mol. The van der Waals surface area contributed by atoms with E-state index in [0.717, 1.165) is 5.56 Å². The molecule has 0 aliphatic carbocycles. The van der Waals surface area contributed by atoms with Crippen molar-refractivity contribution in [3.05, 3.63) is 29.3 Å². The molecule has 1 amide bonds. The number of carbonyl (C=O) groups is 2. The Labute approximate surface area is 143 Å². The summed E-state index contributed by atoms with van der Waals surface area (Å²) in [6, 6.07) is 5.25. The number of carboxylic acid groups (broad SMARTS) is 1. The third-order valence-electron chi connectivity index (χ3n) is 3.52. The van der Waals surface area contributed by atoms with E-state index in [1.54, 1.807) is 38.1 Å². The Morgan fingerprint density at radius 3 is 2.46 bits per heavy atom. The fraction of sp³-hybridized carbons (Fsp3) is 0.400. The number of carbonyl (C=O) groups excluding carboxylic acids is 1. The van der Waals surface area contributed by atoms with Gasteiger partial charge >= 0.3 is 5.97 Å². The number of carboxylic acids is 1. The SMILES string of the molecule is CCC(NC(=O)C(CC)n1nnc(-c2ccc(Cl)cc2)n1)C(=O)O. The first-order chi connectivity index (χ1) is 11.5. The van der Waals surface area contributed by atoms with Crippen molar-refractivity contribution in [2.24, 2.45) is 0 Å². The summed E-state index contributed by atoms with van der Waals surface area (Å²) in [5.74, 6) is -1.16. The predicted octanol–water partition coefficient (Wildman–Crippen LogP) is 1.92. The Morgan fingerprint density at radius 2 is 1.92 bits per heavy atom. The number of hydrogen-bond acceptors (Lipinski definition) is 5. The van der Waals surface area contributed by atoms with Gasteiger partial charge in [-0.25, -0.2) is 4.79 Å². The van der Waals surface area contributed by atoms with Gasteiger partial charge in [0.2, 0.25) is 11.7 Å². The van der Waals surface area contributed by atoms with E-state index in [0.29, 0.717) is 17.3 Å². The van der Waals surface area contributed by atoms with E-state index in [1.165, 1.54) is 4.80 Å². The summed E-state index contributed by atoms with van der Waals surface area (Å²) in [6.45, 7) is 3.48. The van der Waals surface area contributed by atoms with Crippen LogP contribution in [0.5, 0.6) is 0 Å². The first-order valence-electron chi connectivity index (χ1n) is 7.54. The highest BCUT2D eigenvalue weighted by Crippen LogP contribution is 2.18. The second-order valence-corrected chi connectivity index (χ2v) is 5.61. The molecule has 0 fully saturated rings. The third kappa shape index (κ3) is 4.08. The highest BCUT2D eigenvalue weighted by molar-refractivity contribution is 6.30. The van der Waals surface area contributed by atoms with Gasteiger partial charge < -0.3 is 10.4 Å². The van der Waals surface area contributed by atoms with Crippen LogP contribution >= 0.6 is 11.6 Å². The van der Waals surface area contributed by atoms with Gasteiger partial charge in [-0.3, -0.25) is 4.79 Å². The molecule has 2 rings (SSSR count). The van der Waals surface area contributed by atoms with Crippen LogP contribution < -0.4 is 5.32 Å². The van der Waals surface area contributed by atoms with E-state index >= 15 is 0 Å². The molecular weight excluding hydrogens is 334 g/mol. The van der Waals surface area contributed by atoms with Gasteiger partial charge in [-0.15, -0.1) is 10.2 Å². The maximum absolute atomic E-state index is 12.3. The van der Waals surface area contributed by atoms with E-state index in [9.17, 15) is 9.59 Å². The van der Waals surface area contributed by atoms with Crippen molar-refractivity contribution in [1.82, 2.24) is 25.5 Å². The van der Waals surface area contributed by atoms with Gasteiger partial charge in [0, 0.05) is 10.6 Å². The van der Waals surface area contributed by atoms with Crippen molar-refractivity contribution >= 4 is 23.5 Å². The van der Waals surface area contributed by atoms with Gasteiger partial charge in [0.25, 0.3) is 0 Å². The van der Waals surface area contributed by atoms with Crippen molar-refractivity contribution in [3.63, 3.8) is 0 Å². The Kier molecular flexibility index (Phi) is 5.86. The summed E-state index contributed by atoms with van der Waals surface area (Å²) in [5.41, 5.74) is 0.720. The zero-order valence-corrected chi connectivity index (χ0v) is 14.1. The normalized spacial score (nSPS) is 13.3. The van der Waals surface area contributed by atoms with Gasteiger partial charge in [-0.05, 0) is 42.3 Å². The van der Waals surface area contributed by atoms with Crippen LogP contribution in [0.25, 0.3) is 11.4 Å². The maximum Gasteiger partial charge on any atom is 0.326 e. The predicted molar refractivity (Wildman–Crippen MR) is 87.4 cm³/mol. The lowest BCUT2D eigenvalue weighted by atomic mass is 10.1. The average Bonchev–Trinajstić information content (AvgIpc) is 3.03. The first kappa shape index (κ1) is 17.9. The van der Waals surface area contributed by atoms with Gasteiger partial charge in [-0.1, -0.05) is 25.4 Å². The van der Waals surface area contributed by atoms with E-state index in [2.05, 4.69) is 20.7 Å². The molecule has 2 unspecified atom stereocenters. The molecule has 0 aliphatic heterocycles. The zero-order chi connectivity index (χ0) is 17.7. The highest BCUT2D eigenvalue weighted by atomic mass is 35.5. The minimum atomic E-state index is -1.07. The van der Waals surface area contributed by atoms with Crippen molar-refractivity contribution in [1.29, 1.82) is 0 Å². The largest absolute Gasteiger partial charge is 0.480 e. The number of halogens is 1. The fourth-order valence-electron chi connectivity index (χ4n) is 2.13. The topological polar surface area (TPSA) is 110 Å². The number of benzene rings is 1. The molecule has 0 spiro atoms. The van der Waals surface area contributed by atoms with Crippen LogP contribution in [0.4, 0.5) is 0 Å². The van der Waals surface area contributed by atoms with Crippen LogP contribution in [0.15, 0.2) is 24.3 Å². The number of hydrogen-bond donors (Lipinski definition) is 2. The number of amides is 1. The number of tetrazole rings is 1. The monoisotopic (exact) mass is 351 g/mol. The van der Waals surface area contributed by atoms with Crippen LogP contribution in [-0.2, 0) is 9.59 Å². The number of aromatic nitrogens is 4. The minimum Gasteiger partial charge on any atom is -0.480 e. The summed E-state index contributed by atoms with van der Waals surface area (Å²) in [6.07, 6.45) is 0.691. The van der Waals surface area contributed by atoms with Crippen LogP contribution in [0.2, 0.25) is 5.02 Å². The van der Waals surface area contributed by atoms with Crippen molar-refractivity contribution < 1.29 is 14.7 Å². The molecule has 9 heteroatoms. The number of aliphatic carboxylic acids is 1. The molecule has 24 heavy (non-hydrogen) atoms. The summed E-state index contributed by atoms with van der Waals surface area (Å²) < 4.78 is 0. The molecule has 2 atom stereocenters. The Balaban J connectivity index is 2.17. The summed E-state index contributed by atoms with van der Waals surface area (Å²) in [4.78, 5) is 24.6. The lowest BCUT2D eigenvalue weighted by molar-refractivity contribution is -0.142. The Hall–Kier alpha value is -2.48. The summed E-state index contributed by atoms with van der Waals surface area (Å²) >= 11 is 5.84. The second-order valence-electron chi connectivity index (χ2n) is 5.17. The van der Waals surface area contributed by atoms with Gasteiger partial charge in [0.05, 0.1) is 0 Å². The molecule has 2 aromatic rings. The quantitative estimate of drug-likeness (QED) is 0.788. The van der Waals surface area contributed by atoms with E-state index in [1.807, 2.05) is 0 Å². The van der Waals surface area contributed by atoms with Gasteiger partial charge in [0.1, 0.15) is 6.04 Å². The van der Waals surface area contributed by atoms with Crippen LogP contribution in [0, 0.1) is 0 Å². The maximum atomic E-state index is 12.3. The van der Waals surface area contributed by atoms with Crippen molar-refractivity contribution in [2.45, 2.75) is 38.8 Å². The molecular formula is C15H18ClN5O3. The second kappa shape index (κ2) is 7.87. The molecule has 1 aromatic heterocycles. The molecule has 0 bridgehead atoms. The molecule has 1 aromatic carbocycles. The summed E-state index contributed by atoms with van der Waals surface area (Å²) in [5, 5.41) is 24.2. The number of nitrogens with one attached hydrogen (secondary N) is 1. The minimum absolute atomic E-state index is 0.290. The number of rotatable bonds is 7. The molecule has 0 saturated carbocycles. The molecule has 8 nitrogen and oxygen atoms in total. The molecule has 0 radical (unpaired) electrons. The zero-order valence-electron chi connectivity index (χ0n) is 13.3. The first-order valence-corrected chi connectivity index (χ1v) is 7.92. The lowest BCUT2D eigenvalue weighted by Crippen LogP contribution is -2.44. The van der Waals surface area contributed by atoms with E-state index < -0.39 is 24.0 Å². The molecule has 2 N–H and O–H groups in total. The van der Waals surface area contributed by atoms with Crippen LogP contribution in [0.3, 0.4) is 0 Å². The smallest absolute Gasteiger partial charge is 0.326 e. The molecule has 0 saturated heterocycles.